The summed E-state index contributed by atoms with van der Waals surface area (Å²) in [5.74, 6) is 3.45. The van der Waals surface area contributed by atoms with Gasteiger partial charge in [-0.2, -0.15) is 0 Å². The van der Waals surface area contributed by atoms with Crippen molar-refractivity contribution >= 4 is 17.4 Å². The Balaban J connectivity index is 1.06. The van der Waals surface area contributed by atoms with Gasteiger partial charge in [-0.25, -0.2) is 15.4 Å². The van der Waals surface area contributed by atoms with E-state index in [2.05, 4.69) is 37.5 Å². The van der Waals surface area contributed by atoms with Gasteiger partial charge >= 0.3 is 0 Å². The molecule has 8 heteroatoms. The molecule has 172 valence electrons. The number of hydrazine groups is 1. The number of amides is 1. The lowest BCUT2D eigenvalue weighted by molar-refractivity contribution is -0.118. The number of anilines is 2. The highest BCUT2D eigenvalue weighted by atomic mass is 16.5. The van der Waals surface area contributed by atoms with Crippen LogP contribution in [0.3, 0.4) is 0 Å². The standard InChI is InChI=1S/C25H30N6O2/c1-33-14-6-8-20-17(10-14)25(24(32)28-20)11-18(25)13-5-7-16-21(9-13)30-31-23(16)29-22-15-3-2-4-19(15)26-12-27-22/h6,8,10,12-13,16,18,21,23,30-31H,2-5,7,9,11H2,1H3,(H,28,32)(H,26,27,29)/t13?,16?,18-,21?,23?,25-/m0/s1. The highest BCUT2D eigenvalue weighted by Crippen LogP contribution is 2.65. The lowest BCUT2D eigenvalue weighted by Gasteiger charge is -2.34. The number of aryl methyl sites for hydroxylation is 1. The predicted molar refractivity (Wildman–Crippen MR) is 124 cm³/mol. The fourth-order valence-electron chi connectivity index (χ4n) is 7.15. The number of benzene rings is 1. The van der Waals surface area contributed by atoms with E-state index in [1.54, 1.807) is 13.4 Å². The second-order valence-corrected chi connectivity index (χ2v) is 10.4. The smallest absolute Gasteiger partial charge is 0.235 e. The zero-order valence-electron chi connectivity index (χ0n) is 18.9. The molecule has 1 aromatic carbocycles. The highest BCUT2D eigenvalue weighted by Gasteiger charge is 2.67. The van der Waals surface area contributed by atoms with Crippen molar-refractivity contribution in [1.29, 1.82) is 0 Å². The molecule has 7 rings (SSSR count). The quantitative estimate of drug-likeness (QED) is 0.573. The van der Waals surface area contributed by atoms with E-state index < -0.39 is 0 Å². The zero-order valence-corrected chi connectivity index (χ0v) is 18.9. The number of fused-ring (bicyclic) bond motifs is 4. The molecule has 1 spiro atoms. The molecule has 6 atom stereocenters. The number of ether oxygens (including phenoxy) is 1. The van der Waals surface area contributed by atoms with Crippen LogP contribution in [0.1, 0.15) is 48.9 Å². The minimum absolute atomic E-state index is 0.170. The first-order chi connectivity index (χ1) is 16.2. The molecule has 8 nitrogen and oxygen atoms in total. The van der Waals surface area contributed by atoms with Gasteiger partial charge in [0.05, 0.1) is 18.7 Å². The minimum Gasteiger partial charge on any atom is -0.497 e. The summed E-state index contributed by atoms with van der Waals surface area (Å²) in [6, 6.07) is 6.38. The third-order valence-electron chi connectivity index (χ3n) is 8.91. The molecule has 33 heavy (non-hydrogen) atoms. The number of methoxy groups -OCH3 is 1. The summed E-state index contributed by atoms with van der Waals surface area (Å²) in [5, 5.41) is 6.81. The van der Waals surface area contributed by atoms with E-state index in [0.29, 0.717) is 23.8 Å². The lowest BCUT2D eigenvalue weighted by Crippen LogP contribution is -2.39. The zero-order chi connectivity index (χ0) is 22.2. The molecular weight excluding hydrogens is 416 g/mol. The number of aromatic nitrogens is 2. The molecule has 1 amide bonds. The summed E-state index contributed by atoms with van der Waals surface area (Å²) >= 11 is 0. The van der Waals surface area contributed by atoms with E-state index >= 15 is 0 Å². The molecule has 0 bridgehead atoms. The van der Waals surface area contributed by atoms with Gasteiger partial charge in [-0.05, 0) is 80.5 Å². The second kappa shape index (κ2) is 7.14. The Labute approximate surface area is 193 Å². The Morgan fingerprint density at radius 2 is 2.12 bits per heavy atom. The van der Waals surface area contributed by atoms with Crippen molar-refractivity contribution in [3.05, 3.63) is 41.3 Å². The van der Waals surface area contributed by atoms with Crippen LogP contribution in [0.25, 0.3) is 0 Å². The van der Waals surface area contributed by atoms with Gasteiger partial charge in [0, 0.05) is 28.9 Å². The molecule has 5 aliphatic rings. The fraction of sp³-hybridized carbons (Fsp3) is 0.560. The van der Waals surface area contributed by atoms with Crippen molar-refractivity contribution in [2.24, 2.45) is 17.8 Å². The third-order valence-corrected chi connectivity index (χ3v) is 8.91. The van der Waals surface area contributed by atoms with Gasteiger partial charge < -0.3 is 15.4 Å². The molecule has 3 heterocycles. The second-order valence-electron chi connectivity index (χ2n) is 10.4. The molecule has 1 saturated heterocycles. The summed E-state index contributed by atoms with van der Waals surface area (Å²) in [4.78, 5) is 22.0. The van der Waals surface area contributed by atoms with Crippen LogP contribution in [-0.2, 0) is 23.1 Å². The normalized spacial score (nSPS) is 35.7. The number of nitrogens with zero attached hydrogens (tertiary/aromatic N) is 2. The number of hydrogen-bond donors (Lipinski definition) is 4. The van der Waals surface area contributed by atoms with Gasteiger partial charge in [0.2, 0.25) is 5.91 Å². The topological polar surface area (TPSA) is 100 Å². The summed E-state index contributed by atoms with van der Waals surface area (Å²) in [7, 11) is 1.68. The molecule has 2 aliphatic heterocycles. The molecular formula is C25H30N6O2. The van der Waals surface area contributed by atoms with Gasteiger partial charge in [-0.15, -0.1) is 0 Å². The molecule has 0 radical (unpaired) electrons. The minimum atomic E-state index is -0.355. The molecule has 2 aromatic rings. The molecule has 2 saturated carbocycles. The maximum absolute atomic E-state index is 13.0. The molecule has 3 aliphatic carbocycles. The van der Waals surface area contributed by atoms with Gasteiger partial charge in [0.15, 0.2) is 0 Å². The first kappa shape index (κ1) is 19.7. The molecule has 1 aromatic heterocycles. The monoisotopic (exact) mass is 446 g/mol. The van der Waals surface area contributed by atoms with Crippen LogP contribution in [0, 0.1) is 17.8 Å². The van der Waals surface area contributed by atoms with Gasteiger partial charge in [0.1, 0.15) is 17.9 Å². The van der Waals surface area contributed by atoms with Crippen LogP contribution < -0.4 is 26.2 Å². The Bertz CT molecular complexity index is 1140. The Kier molecular flexibility index (Phi) is 4.27. The maximum atomic E-state index is 13.0. The number of carbonyl (C=O) groups excluding carboxylic acids is 1. The SMILES string of the molecule is COc1ccc2c(c1)[C@]1(C[C@H]1C1CCC3C(C1)NNC3Nc1ncnc3c1CCC3)C(=O)N2. The van der Waals surface area contributed by atoms with Crippen LogP contribution >= 0.6 is 0 Å². The van der Waals surface area contributed by atoms with E-state index in [9.17, 15) is 4.79 Å². The van der Waals surface area contributed by atoms with Crippen molar-refractivity contribution in [2.45, 2.75) is 62.6 Å². The van der Waals surface area contributed by atoms with Gasteiger partial charge in [-0.1, -0.05) is 0 Å². The average Bonchev–Trinajstić information content (AvgIpc) is 3.08. The van der Waals surface area contributed by atoms with Crippen LogP contribution in [0.4, 0.5) is 11.5 Å². The molecule has 3 fully saturated rings. The third kappa shape index (κ3) is 2.86. The summed E-state index contributed by atoms with van der Waals surface area (Å²) in [5.41, 5.74) is 11.3. The van der Waals surface area contributed by atoms with Crippen molar-refractivity contribution in [3.63, 3.8) is 0 Å². The van der Waals surface area contributed by atoms with Gasteiger partial charge in [0.25, 0.3) is 0 Å². The number of hydrogen-bond acceptors (Lipinski definition) is 7. The van der Waals surface area contributed by atoms with Crippen molar-refractivity contribution in [2.75, 3.05) is 17.7 Å². The Morgan fingerprint density at radius 1 is 1.18 bits per heavy atom. The number of carbonyl (C=O) groups is 1. The Hall–Kier alpha value is -2.71. The van der Waals surface area contributed by atoms with Gasteiger partial charge in [-0.3, -0.25) is 10.2 Å². The summed E-state index contributed by atoms with van der Waals surface area (Å²) < 4.78 is 5.45. The van der Waals surface area contributed by atoms with Crippen LogP contribution in [0.2, 0.25) is 0 Å². The fourth-order valence-corrected chi connectivity index (χ4v) is 7.15. The Morgan fingerprint density at radius 3 is 3.03 bits per heavy atom. The van der Waals surface area contributed by atoms with Crippen molar-refractivity contribution in [3.8, 4) is 5.75 Å². The summed E-state index contributed by atoms with van der Waals surface area (Å²) in [6.45, 7) is 0. The van der Waals surface area contributed by atoms with Crippen LogP contribution in [-0.4, -0.2) is 35.2 Å². The van der Waals surface area contributed by atoms with E-state index in [0.717, 1.165) is 61.3 Å². The molecule has 4 N–H and O–H groups in total. The van der Waals surface area contributed by atoms with Crippen LogP contribution in [0.15, 0.2) is 24.5 Å². The lowest BCUT2D eigenvalue weighted by atomic mass is 9.74. The molecule has 4 unspecified atom stereocenters. The highest BCUT2D eigenvalue weighted by molar-refractivity contribution is 6.09. The van der Waals surface area contributed by atoms with Crippen molar-refractivity contribution in [1.82, 2.24) is 20.8 Å². The first-order valence-electron chi connectivity index (χ1n) is 12.3. The van der Waals surface area contributed by atoms with E-state index in [-0.39, 0.29) is 17.5 Å². The summed E-state index contributed by atoms with van der Waals surface area (Å²) in [6.07, 6.45) is 9.48. The average molecular weight is 447 g/mol. The van der Waals surface area contributed by atoms with E-state index in [4.69, 9.17) is 4.74 Å². The van der Waals surface area contributed by atoms with Crippen LogP contribution in [0.5, 0.6) is 5.75 Å². The number of nitrogens with one attached hydrogen (secondary N) is 4. The van der Waals surface area contributed by atoms with E-state index in [1.165, 1.54) is 17.7 Å². The number of rotatable bonds is 4. The largest absolute Gasteiger partial charge is 0.497 e. The predicted octanol–water partition coefficient (Wildman–Crippen LogP) is 2.51. The first-order valence-corrected chi connectivity index (χ1v) is 12.3. The van der Waals surface area contributed by atoms with E-state index in [1.807, 2.05) is 12.1 Å². The van der Waals surface area contributed by atoms with Crippen molar-refractivity contribution < 1.29 is 9.53 Å². The maximum Gasteiger partial charge on any atom is 0.235 e.